The predicted octanol–water partition coefficient (Wildman–Crippen LogP) is 3.63. The smallest absolute Gasteiger partial charge is 0.131 e. The number of hydrogen-bond donors (Lipinski definition) is 1. The minimum Gasteiger partial charge on any atom is -0.381 e. The molecule has 0 amide bonds. The van der Waals surface area contributed by atoms with E-state index in [1.54, 1.807) is 18.3 Å². The number of rotatable bonds is 3. The van der Waals surface area contributed by atoms with Crippen molar-refractivity contribution >= 4 is 17.3 Å². The van der Waals surface area contributed by atoms with Gasteiger partial charge in [0.15, 0.2) is 0 Å². The first-order valence-electron chi connectivity index (χ1n) is 4.94. The van der Waals surface area contributed by atoms with Crippen LogP contribution < -0.4 is 5.32 Å². The molecule has 0 aliphatic rings. The fourth-order valence-corrected chi connectivity index (χ4v) is 1.55. The second kappa shape index (κ2) is 5.10. The fraction of sp³-hybridized carbons (Fsp3) is 0.0833. The van der Waals surface area contributed by atoms with Crippen LogP contribution in [0.5, 0.6) is 0 Å². The van der Waals surface area contributed by atoms with Crippen LogP contribution in [0.4, 0.5) is 14.5 Å². The lowest BCUT2D eigenvalue weighted by Gasteiger charge is -2.07. The van der Waals surface area contributed by atoms with Crippen LogP contribution in [0.25, 0.3) is 0 Å². The van der Waals surface area contributed by atoms with E-state index in [0.717, 1.165) is 11.8 Å². The van der Waals surface area contributed by atoms with Crippen molar-refractivity contribution in [2.45, 2.75) is 6.54 Å². The van der Waals surface area contributed by atoms with Crippen LogP contribution in [-0.4, -0.2) is 4.98 Å². The first-order chi connectivity index (χ1) is 8.15. The minimum absolute atomic E-state index is 0.256. The molecule has 2 rings (SSSR count). The number of anilines is 1. The molecule has 2 aromatic rings. The number of hydrogen-bond acceptors (Lipinski definition) is 2. The van der Waals surface area contributed by atoms with E-state index in [-0.39, 0.29) is 6.54 Å². The fourth-order valence-electron chi connectivity index (χ4n) is 1.37. The van der Waals surface area contributed by atoms with Crippen molar-refractivity contribution in [3.05, 3.63) is 58.9 Å². The number of pyridine rings is 1. The minimum atomic E-state index is -0.585. The summed E-state index contributed by atoms with van der Waals surface area (Å²) < 4.78 is 26.0. The second-order valence-electron chi connectivity index (χ2n) is 3.46. The maximum Gasteiger partial charge on any atom is 0.131 e. The van der Waals surface area contributed by atoms with Crippen LogP contribution in [0.1, 0.15) is 5.56 Å². The molecule has 0 spiro atoms. The highest BCUT2D eigenvalue weighted by molar-refractivity contribution is 6.29. The molecule has 0 fully saturated rings. The van der Waals surface area contributed by atoms with Gasteiger partial charge >= 0.3 is 0 Å². The van der Waals surface area contributed by atoms with Crippen molar-refractivity contribution in [3.8, 4) is 0 Å². The Morgan fingerprint density at radius 2 is 2.00 bits per heavy atom. The van der Waals surface area contributed by atoms with E-state index >= 15 is 0 Å². The zero-order chi connectivity index (χ0) is 12.3. The average molecular weight is 255 g/mol. The van der Waals surface area contributed by atoms with E-state index < -0.39 is 11.6 Å². The highest BCUT2D eigenvalue weighted by atomic mass is 35.5. The van der Waals surface area contributed by atoms with Crippen molar-refractivity contribution in [3.63, 3.8) is 0 Å². The van der Waals surface area contributed by atoms with Gasteiger partial charge in [0.25, 0.3) is 0 Å². The third-order valence-electron chi connectivity index (χ3n) is 2.22. The van der Waals surface area contributed by atoms with Crippen LogP contribution >= 0.6 is 11.6 Å². The van der Waals surface area contributed by atoms with Gasteiger partial charge in [0.2, 0.25) is 0 Å². The molecular formula is C12H9ClF2N2. The molecule has 0 radical (unpaired) electrons. The number of aromatic nitrogens is 1. The molecular weight excluding hydrogens is 246 g/mol. The molecule has 88 valence electrons. The van der Waals surface area contributed by atoms with Gasteiger partial charge in [0.1, 0.15) is 16.8 Å². The van der Waals surface area contributed by atoms with Crippen molar-refractivity contribution in [1.29, 1.82) is 0 Å². The van der Waals surface area contributed by atoms with Crippen LogP contribution in [0.15, 0.2) is 36.5 Å². The lowest BCUT2D eigenvalue weighted by atomic mass is 10.2. The standard InChI is InChI=1S/C12H9ClF2N2/c13-12-6-10(3-4-16-12)17-7-8-1-2-9(14)5-11(8)15/h1-6H,7H2,(H,16,17). The summed E-state index contributed by atoms with van der Waals surface area (Å²) in [6.07, 6.45) is 1.55. The summed E-state index contributed by atoms with van der Waals surface area (Å²) >= 11 is 5.70. The number of nitrogens with one attached hydrogen (secondary N) is 1. The van der Waals surface area contributed by atoms with Crippen LogP contribution in [-0.2, 0) is 6.54 Å². The first-order valence-corrected chi connectivity index (χ1v) is 5.32. The molecule has 1 aromatic heterocycles. The zero-order valence-electron chi connectivity index (χ0n) is 8.75. The molecule has 0 atom stereocenters. The van der Waals surface area contributed by atoms with Gasteiger partial charge in [-0.25, -0.2) is 13.8 Å². The molecule has 0 aliphatic heterocycles. The van der Waals surface area contributed by atoms with E-state index in [2.05, 4.69) is 10.3 Å². The summed E-state index contributed by atoms with van der Waals surface area (Å²) in [6, 6.07) is 6.83. The van der Waals surface area contributed by atoms with Gasteiger partial charge in [-0.05, 0) is 18.2 Å². The molecule has 0 saturated carbocycles. The summed E-state index contributed by atoms with van der Waals surface area (Å²) in [6.45, 7) is 0.256. The summed E-state index contributed by atoms with van der Waals surface area (Å²) in [5.74, 6) is -1.16. The molecule has 2 nitrogen and oxygen atoms in total. The van der Waals surface area contributed by atoms with E-state index in [4.69, 9.17) is 11.6 Å². The van der Waals surface area contributed by atoms with Crippen molar-refractivity contribution < 1.29 is 8.78 Å². The van der Waals surface area contributed by atoms with Crippen molar-refractivity contribution in [2.75, 3.05) is 5.32 Å². The molecule has 5 heteroatoms. The van der Waals surface area contributed by atoms with Gasteiger partial charge in [-0.1, -0.05) is 17.7 Å². The van der Waals surface area contributed by atoms with Gasteiger partial charge in [0, 0.05) is 30.1 Å². The largest absolute Gasteiger partial charge is 0.381 e. The van der Waals surface area contributed by atoms with Gasteiger partial charge in [-0.2, -0.15) is 0 Å². The van der Waals surface area contributed by atoms with Crippen LogP contribution in [0.2, 0.25) is 5.15 Å². The Hall–Kier alpha value is -1.68. The van der Waals surface area contributed by atoms with Crippen LogP contribution in [0, 0.1) is 11.6 Å². The van der Waals surface area contributed by atoms with E-state index in [1.165, 1.54) is 12.1 Å². The Morgan fingerprint density at radius 1 is 1.18 bits per heavy atom. The summed E-state index contributed by atoms with van der Waals surface area (Å²) in [5, 5.41) is 3.33. The Morgan fingerprint density at radius 3 is 2.71 bits per heavy atom. The third kappa shape index (κ3) is 3.14. The number of halogens is 3. The van der Waals surface area contributed by atoms with Crippen LogP contribution in [0.3, 0.4) is 0 Å². The topological polar surface area (TPSA) is 24.9 Å². The van der Waals surface area contributed by atoms with Gasteiger partial charge in [0.05, 0.1) is 0 Å². The quantitative estimate of drug-likeness (QED) is 0.846. The molecule has 1 aromatic carbocycles. The molecule has 0 aliphatic carbocycles. The molecule has 1 heterocycles. The molecule has 17 heavy (non-hydrogen) atoms. The predicted molar refractivity (Wildman–Crippen MR) is 62.9 cm³/mol. The van der Waals surface area contributed by atoms with Gasteiger partial charge < -0.3 is 5.32 Å². The highest BCUT2D eigenvalue weighted by Crippen LogP contribution is 2.15. The van der Waals surface area contributed by atoms with Crippen molar-refractivity contribution in [1.82, 2.24) is 4.98 Å². The molecule has 0 saturated heterocycles. The Balaban J connectivity index is 2.07. The van der Waals surface area contributed by atoms with E-state index in [0.29, 0.717) is 10.7 Å². The van der Waals surface area contributed by atoms with E-state index in [9.17, 15) is 8.78 Å². The molecule has 1 N–H and O–H groups in total. The van der Waals surface area contributed by atoms with Crippen molar-refractivity contribution in [2.24, 2.45) is 0 Å². The van der Waals surface area contributed by atoms with E-state index in [1.807, 2.05) is 0 Å². The third-order valence-corrected chi connectivity index (χ3v) is 2.43. The SMILES string of the molecule is Fc1ccc(CNc2ccnc(Cl)c2)c(F)c1. The lowest BCUT2D eigenvalue weighted by Crippen LogP contribution is -2.02. The Labute approximate surface area is 102 Å². The highest BCUT2D eigenvalue weighted by Gasteiger charge is 2.03. The van der Waals surface area contributed by atoms with Gasteiger partial charge in [-0.15, -0.1) is 0 Å². The maximum atomic E-state index is 13.3. The van der Waals surface area contributed by atoms with Gasteiger partial charge in [-0.3, -0.25) is 0 Å². The summed E-state index contributed by atoms with van der Waals surface area (Å²) in [4.78, 5) is 3.83. The molecule has 0 unspecified atom stereocenters. The normalized spacial score (nSPS) is 10.3. The number of nitrogens with zero attached hydrogens (tertiary/aromatic N) is 1. The summed E-state index contributed by atoms with van der Waals surface area (Å²) in [5.41, 5.74) is 1.12. The Bertz CT molecular complexity index is 532. The Kier molecular flexibility index (Phi) is 3.54. The molecule has 0 bridgehead atoms. The number of benzene rings is 1. The lowest BCUT2D eigenvalue weighted by molar-refractivity contribution is 0.574. The monoisotopic (exact) mass is 254 g/mol. The summed E-state index contributed by atoms with van der Waals surface area (Å²) in [7, 11) is 0. The zero-order valence-corrected chi connectivity index (χ0v) is 9.51. The second-order valence-corrected chi connectivity index (χ2v) is 3.84. The average Bonchev–Trinajstić information content (AvgIpc) is 2.28. The maximum absolute atomic E-state index is 13.3. The first kappa shape index (κ1) is 11.8.